The second-order valence-electron chi connectivity index (χ2n) is 5.62. The lowest BCUT2D eigenvalue weighted by Gasteiger charge is -2.34. The van der Waals surface area contributed by atoms with E-state index in [1.807, 2.05) is 4.90 Å². The standard InChI is InChI=1S/C14H21N5O2/c1-21-13-5-4-12(16-17-13)15-14(20)19-8-6-18(7-9-19)10-11-2-3-11/h4-5,11H,2-3,6-10H2,1H3,(H,15,16,20). The van der Waals surface area contributed by atoms with E-state index in [9.17, 15) is 4.79 Å². The highest BCUT2D eigenvalue weighted by atomic mass is 16.5. The van der Waals surface area contributed by atoms with Crippen molar-refractivity contribution in [3.63, 3.8) is 0 Å². The Balaban J connectivity index is 1.46. The van der Waals surface area contributed by atoms with Crippen molar-refractivity contribution in [2.75, 3.05) is 45.2 Å². The van der Waals surface area contributed by atoms with Gasteiger partial charge in [0.05, 0.1) is 7.11 Å². The van der Waals surface area contributed by atoms with Crippen LogP contribution in [0.15, 0.2) is 12.1 Å². The third-order valence-corrected chi connectivity index (χ3v) is 3.96. The molecular formula is C14H21N5O2. The van der Waals surface area contributed by atoms with E-state index >= 15 is 0 Å². The Hall–Kier alpha value is -1.89. The Bertz CT molecular complexity index is 481. The Morgan fingerprint density at radius 1 is 1.29 bits per heavy atom. The Morgan fingerprint density at radius 3 is 2.62 bits per heavy atom. The van der Waals surface area contributed by atoms with Gasteiger partial charge in [-0.3, -0.25) is 10.2 Å². The Morgan fingerprint density at radius 2 is 2.05 bits per heavy atom. The summed E-state index contributed by atoms with van der Waals surface area (Å²) in [7, 11) is 1.53. The van der Waals surface area contributed by atoms with Crippen LogP contribution in [-0.2, 0) is 0 Å². The minimum absolute atomic E-state index is 0.111. The predicted molar refractivity (Wildman–Crippen MR) is 78.3 cm³/mol. The summed E-state index contributed by atoms with van der Waals surface area (Å²) in [4.78, 5) is 16.4. The molecule has 1 N–H and O–H groups in total. The summed E-state index contributed by atoms with van der Waals surface area (Å²) in [6.45, 7) is 4.64. The van der Waals surface area contributed by atoms with Gasteiger partial charge in [0.2, 0.25) is 5.88 Å². The third kappa shape index (κ3) is 3.81. The normalized spacial score (nSPS) is 19.4. The zero-order chi connectivity index (χ0) is 14.7. The average molecular weight is 291 g/mol. The molecule has 0 aromatic carbocycles. The first-order valence-corrected chi connectivity index (χ1v) is 7.40. The van der Waals surface area contributed by atoms with Crippen LogP contribution in [0.1, 0.15) is 12.8 Å². The zero-order valence-corrected chi connectivity index (χ0v) is 12.3. The number of amides is 2. The molecule has 1 aliphatic heterocycles. The molecule has 1 aromatic heterocycles. The van der Waals surface area contributed by atoms with Gasteiger partial charge in [-0.1, -0.05) is 0 Å². The van der Waals surface area contributed by atoms with Crippen molar-refractivity contribution in [3.8, 4) is 5.88 Å². The molecule has 21 heavy (non-hydrogen) atoms. The van der Waals surface area contributed by atoms with Crippen molar-refractivity contribution in [1.29, 1.82) is 0 Å². The molecule has 0 atom stereocenters. The number of carbonyl (C=O) groups is 1. The highest BCUT2D eigenvalue weighted by molar-refractivity contribution is 5.88. The first-order valence-electron chi connectivity index (χ1n) is 7.40. The monoisotopic (exact) mass is 291 g/mol. The maximum absolute atomic E-state index is 12.2. The second kappa shape index (κ2) is 6.26. The van der Waals surface area contributed by atoms with Gasteiger partial charge in [0, 0.05) is 38.8 Å². The summed E-state index contributed by atoms with van der Waals surface area (Å²) in [5, 5.41) is 10.5. The number of piperazine rings is 1. The number of nitrogens with one attached hydrogen (secondary N) is 1. The maximum atomic E-state index is 12.2. The molecule has 1 aromatic rings. The molecule has 1 saturated carbocycles. The quantitative estimate of drug-likeness (QED) is 0.897. The van der Waals surface area contributed by atoms with E-state index in [0.717, 1.165) is 32.1 Å². The molecule has 1 aliphatic carbocycles. The van der Waals surface area contributed by atoms with Gasteiger partial charge in [-0.2, -0.15) is 0 Å². The fourth-order valence-electron chi connectivity index (χ4n) is 2.48. The zero-order valence-electron chi connectivity index (χ0n) is 12.3. The van der Waals surface area contributed by atoms with Crippen LogP contribution in [0, 0.1) is 5.92 Å². The number of hydrogen-bond acceptors (Lipinski definition) is 5. The van der Waals surface area contributed by atoms with Gasteiger partial charge in [0.15, 0.2) is 5.82 Å². The van der Waals surface area contributed by atoms with Crippen molar-refractivity contribution in [3.05, 3.63) is 12.1 Å². The van der Waals surface area contributed by atoms with Crippen LogP contribution in [-0.4, -0.2) is 65.9 Å². The number of nitrogens with zero attached hydrogens (tertiary/aromatic N) is 4. The van der Waals surface area contributed by atoms with Crippen LogP contribution in [0.4, 0.5) is 10.6 Å². The van der Waals surface area contributed by atoms with Gasteiger partial charge >= 0.3 is 6.03 Å². The van der Waals surface area contributed by atoms with Gasteiger partial charge in [-0.15, -0.1) is 10.2 Å². The molecule has 2 amide bonds. The second-order valence-corrected chi connectivity index (χ2v) is 5.62. The third-order valence-electron chi connectivity index (χ3n) is 3.96. The summed E-state index contributed by atoms with van der Waals surface area (Å²) in [5.41, 5.74) is 0. The maximum Gasteiger partial charge on any atom is 0.323 e. The Labute approximate surface area is 124 Å². The molecule has 1 saturated heterocycles. The van der Waals surface area contributed by atoms with E-state index in [2.05, 4.69) is 20.4 Å². The highest BCUT2D eigenvalue weighted by Crippen LogP contribution is 2.29. The number of methoxy groups -OCH3 is 1. The average Bonchev–Trinajstić information content (AvgIpc) is 3.33. The van der Waals surface area contributed by atoms with E-state index in [-0.39, 0.29) is 6.03 Å². The molecular weight excluding hydrogens is 270 g/mol. The summed E-state index contributed by atoms with van der Waals surface area (Å²) in [6.07, 6.45) is 2.74. The van der Waals surface area contributed by atoms with Crippen molar-refractivity contribution < 1.29 is 9.53 Å². The molecule has 2 fully saturated rings. The molecule has 0 unspecified atom stereocenters. The van der Waals surface area contributed by atoms with Crippen LogP contribution in [0.3, 0.4) is 0 Å². The molecule has 2 heterocycles. The van der Waals surface area contributed by atoms with Crippen molar-refractivity contribution in [2.45, 2.75) is 12.8 Å². The Kier molecular flexibility index (Phi) is 4.19. The molecule has 0 spiro atoms. The molecule has 114 valence electrons. The molecule has 7 nitrogen and oxygen atoms in total. The smallest absolute Gasteiger partial charge is 0.323 e. The lowest BCUT2D eigenvalue weighted by molar-refractivity contribution is 0.144. The van der Waals surface area contributed by atoms with Gasteiger partial charge in [0.25, 0.3) is 0 Å². The number of aromatic nitrogens is 2. The number of hydrogen-bond donors (Lipinski definition) is 1. The van der Waals surface area contributed by atoms with Crippen LogP contribution in [0.5, 0.6) is 5.88 Å². The minimum Gasteiger partial charge on any atom is -0.480 e. The number of urea groups is 1. The van der Waals surface area contributed by atoms with E-state index in [1.54, 1.807) is 12.1 Å². The van der Waals surface area contributed by atoms with Crippen LogP contribution < -0.4 is 10.1 Å². The molecule has 0 radical (unpaired) electrons. The van der Waals surface area contributed by atoms with Crippen molar-refractivity contribution >= 4 is 11.8 Å². The minimum atomic E-state index is -0.111. The molecule has 2 aliphatic rings. The number of rotatable bonds is 4. The highest BCUT2D eigenvalue weighted by Gasteiger charge is 2.27. The lowest BCUT2D eigenvalue weighted by atomic mass is 10.3. The largest absolute Gasteiger partial charge is 0.480 e. The van der Waals surface area contributed by atoms with E-state index < -0.39 is 0 Å². The van der Waals surface area contributed by atoms with Crippen LogP contribution in [0.2, 0.25) is 0 Å². The van der Waals surface area contributed by atoms with E-state index in [4.69, 9.17) is 4.74 Å². The summed E-state index contributed by atoms with van der Waals surface area (Å²) < 4.78 is 4.94. The van der Waals surface area contributed by atoms with E-state index in [1.165, 1.54) is 26.5 Å². The first-order chi connectivity index (χ1) is 10.2. The number of carbonyl (C=O) groups excluding carboxylic acids is 1. The topological polar surface area (TPSA) is 70.6 Å². The van der Waals surface area contributed by atoms with E-state index in [0.29, 0.717) is 11.7 Å². The predicted octanol–water partition coefficient (Wildman–Crippen LogP) is 1.04. The number of ether oxygens (including phenoxy) is 1. The van der Waals surface area contributed by atoms with Gasteiger partial charge < -0.3 is 9.64 Å². The van der Waals surface area contributed by atoms with Gasteiger partial charge in [-0.05, 0) is 24.8 Å². The SMILES string of the molecule is COc1ccc(NC(=O)N2CCN(CC3CC3)CC2)nn1. The van der Waals surface area contributed by atoms with Crippen LogP contribution in [0.25, 0.3) is 0 Å². The number of anilines is 1. The van der Waals surface area contributed by atoms with Crippen molar-refractivity contribution in [2.24, 2.45) is 5.92 Å². The fraction of sp³-hybridized carbons (Fsp3) is 0.643. The first kappa shape index (κ1) is 14.1. The molecule has 3 rings (SSSR count). The van der Waals surface area contributed by atoms with Gasteiger partial charge in [-0.25, -0.2) is 4.79 Å². The van der Waals surface area contributed by atoms with Gasteiger partial charge in [0.1, 0.15) is 0 Å². The fourth-order valence-corrected chi connectivity index (χ4v) is 2.48. The summed E-state index contributed by atoms with van der Waals surface area (Å²) in [5.74, 6) is 1.78. The van der Waals surface area contributed by atoms with Crippen molar-refractivity contribution in [1.82, 2.24) is 20.0 Å². The van der Waals surface area contributed by atoms with Crippen LogP contribution >= 0.6 is 0 Å². The molecule has 7 heteroatoms. The summed E-state index contributed by atoms with van der Waals surface area (Å²) >= 11 is 0. The lowest BCUT2D eigenvalue weighted by Crippen LogP contribution is -2.50. The molecule has 0 bridgehead atoms. The summed E-state index contributed by atoms with van der Waals surface area (Å²) in [6, 6.07) is 3.25.